The molecule has 0 aliphatic carbocycles. The highest BCUT2D eigenvalue weighted by Crippen LogP contribution is 2.30. The minimum Gasteiger partial charge on any atom is -0.492 e. The van der Waals surface area contributed by atoms with Gasteiger partial charge < -0.3 is 14.0 Å². The normalized spacial score (nSPS) is 17.0. The van der Waals surface area contributed by atoms with E-state index in [1.807, 2.05) is 12.1 Å². The van der Waals surface area contributed by atoms with Crippen molar-refractivity contribution in [3.05, 3.63) is 46.3 Å². The fraction of sp³-hybridized carbons (Fsp3) is 0.333. The first kappa shape index (κ1) is 13.9. The van der Waals surface area contributed by atoms with E-state index in [4.69, 9.17) is 25.6 Å². The van der Waals surface area contributed by atoms with E-state index in [9.17, 15) is 4.79 Å². The molecule has 0 bridgehead atoms. The summed E-state index contributed by atoms with van der Waals surface area (Å²) < 4.78 is 15.7. The maximum Gasteiger partial charge on any atom is 0.313 e. The van der Waals surface area contributed by atoms with Crippen molar-refractivity contribution in [1.29, 1.82) is 0 Å². The van der Waals surface area contributed by atoms with Gasteiger partial charge in [-0.25, -0.2) is 0 Å². The molecule has 0 saturated carbocycles. The van der Waals surface area contributed by atoms with E-state index >= 15 is 0 Å². The van der Waals surface area contributed by atoms with Crippen molar-refractivity contribution < 1.29 is 18.8 Å². The average Bonchev–Trinajstić information content (AvgIpc) is 2.89. The lowest BCUT2D eigenvalue weighted by molar-refractivity contribution is -0.151. The highest BCUT2D eigenvalue weighted by molar-refractivity contribution is 6.30. The first-order valence-corrected chi connectivity index (χ1v) is 6.99. The smallest absolute Gasteiger partial charge is 0.313 e. The molecule has 1 aliphatic heterocycles. The summed E-state index contributed by atoms with van der Waals surface area (Å²) in [5, 5.41) is 4.41. The van der Waals surface area contributed by atoms with Gasteiger partial charge in [0.2, 0.25) is 0 Å². The van der Waals surface area contributed by atoms with Crippen LogP contribution >= 0.6 is 11.6 Å². The second kappa shape index (κ2) is 5.77. The maximum absolute atomic E-state index is 12.1. The van der Waals surface area contributed by atoms with Crippen LogP contribution in [-0.2, 0) is 22.6 Å². The van der Waals surface area contributed by atoms with Gasteiger partial charge in [0.25, 0.3) is 0 Å². The molecule has 110 valence electrons. The fourth-order valence-corrected chi connectivity index (χ4v) is 2.46. The van der Waals surface area contributed by atoms with Crippen LogP contribution in [0.5, 0.6) is 5.75 Å². The van der Waals surface area contributed by atoms with Crippen molar-refractivity contribution in [2.45, 2.75) is 20.0 Å². The third kappa shape index (κ3) is 3.19. The number of carbonyl (C=O) groups is 1. The maximum atomic E-state index is 12.1. The molecule has 1 aromatic heterocycles. The van der Waals surface area contributed by atoms with Crippen molar-refractivity contribution in [2.75, 3.05) is 6.61 Å². The zero-order valence-electron chi connectivity index (χ0n) is 11.5. The Kier molecular flexibility index (Phi) is 3.84. The number of hydrogen-bond acceptors (Lipinski definition) is 5. The molecule has 1 aliphatic rings. The number of nitrogens with zero attached hydrogens (tertiary/aromatic N) is 1. The number of hydrogen-bond donors (Lipinski definition) is 0. The van der Waals surface area contributed by atoms with Crippen LogP contribution < -0.4 is 4.74 Å². The molecular formula is C15H14ClNO4. The van der Waals surface area contributed by atoms with Crippen molar-refractivity contribution >= 4 is 17.6 Å². The number of halogens is 1. The molecular weight excluding hydrogens is 294 g/mol. The largest absolute Gasteiger partial charge is 0.492 e. The van der Waals surface area contributed by atoms with Gasteiger partial charge in [0.15, 0.2) is 0 Å². The van der Waals surface area contributed by atoms with E-state index in [1.165, 1.54) is 0 Å². The highest BCUT2D eigenvalue weighted by Gasteiger charge is 2.27. The minimum absolute atomic E-state index is 0.106. The highest BCUT2D eigenvalue weighted by atomic mass is 35.5. The molecule has 2 heterocycles. The number of aromatic nitrogens is 1. The van der Waals surface area contributed by atoms with Crippen LogP contribution in [0.15, 0.2) is 28.8 Å². The predicted octanol–water partition coefficient (Wildman–Crippen LogP) is 2.93. The molecule has 1 aromatic carbocycles. The Labute approximate surface area is 126 Å². The lowest BCUT2D eigenvalue weighted by atomic mass is 9.97. The first-order chi connectivity index (χ1) is 10.1. The molecule has 0 saturated heterocycles. The Hall–Kier alpha value is -2.01. The summed E-state index contributed by atoms with van der Waals surface area (Å²) in [6.45, 7) is 2.20. The van der Waals surface area contributed by atoms with Crippen LogP contribution in [0, 0.1) is 12.8 Å². The van der Waals surface area contributed by atoms with Gasteiger partial charge in [-0.2, -0.15) is 0 Å². The summed E-state index contributed by atoms with van der Waals surface area (Å²) in [6, 6.07) is 7.14. The van der Waals surface area contributed by atoms with Gasteiger partial charge in [-0.1, -0.05) is 16.8 Å². The molecule has 1 atom stereocenters. The lowest BCUT2D eigenvalue weighted by Gasteiger charge is -2.24. The topological polar surface area (TPSA) is 61.6 Å². The number of benzene rings is 1. The van der Waals surface area contributed by atoms with Crippen LogP contribution in [0.1, 0.15) is 17.0 Å². The predicted molar refractivity (Wildman–Crippen MR) is 75.2 cm³/mol. The first-order valence-electron chi connectivity index (χ1n) is 6.62. The van der Waals surface area contributed by atoms with Crippen molar-refractivity contribution in [3.63, 3.8) is 0 Å². The van der Waals surface area contributed by atoms with Gasteiger partial charge in [0.05, 0.1) is 5.92 Å². The summed E-state index contributed by atoms with van der Waals surface area (Å²) in [4.78, 5) is 12.1. The molecule has 0 N–H and O–H groups in total. The quantitative estimate of drug-likeness (QED) is 0.816. The van der Waals surface area contributed by atoms with E-state index in [0.29, 0.717) is 29.5 Å². The summed E-state index contributed by atoms with van der Waals surface area (Å²) in [7, 11) is 0. The molecule has 0 amide bonds. The van der Waals surface area contributed by atoms with Crippen molar-refractivity contribution in [2.24, 2.45) is 5.92 Å². The average molecular weight is 308 g/mol. The monoisotopic (exact) mass is 307 g/mol. The molecule has 21 heavy (non-hydrogen) atoms. The summed E-state index contributed by atoms with van der Waals surface area (Å²) >= 11 is 5.96. The number of aryl methyl sites for hydroxylation is 1. The summed E-state index contributed by atoms with van der Waals surface area (Å²) in [6.07, 6.45) is 0.562. The fourth-order valence-electron chi connectivity index (χ4n) is 2.26. The zero-order valence-corrected chi connectivity index (χ0v) is 12.2. The van der Waals surface area contributed by atoms with Gasteiger partial charge in [-0.3, -0.25) is 4.79 Å². The van der Waals surface area contributed by atoms with Crippen molar-refractivity contribution in [1.82, 2.24) is 5.16 Å². The summed E-state index contributed by atoms with van der Waals surface area (Å²) in [5.74, 6) is 0.825. The van der Waals surface area contributed by atoms with Gasteiger partial charge in [-0.15, -0.1) is 0 Å². The SMILES string of the molecule is Cc1cc(COC(=O)C2COc3ccc(Cl)cc3C2)no1. The molecule has 5 nitrogen and oxygen atoms in total. The molecule has 3 rings (SSSR count). The Bertz CT molecular complexity index is 667. The zero-order chi connectivity index (χ0) is 14.8. The number of ether oxygens (including phenoxy) is 2. The molecule has 2 aromatic rings. The van der Waals surface area contributed by atoms with Crippen LogP contribution in [0.3, 0.4) is 0 Å². The Morgan fingerprint density at radius 3 is 3.10 bits per heavy atom. The van der Waals surface area contributed by atoms with E-state index < -0.39 is 0 Å². The van der Waals surface area contributed by atoms with E-state index in [0.717, 1.165) is 11.3 Å². The van der Waals surface area contributed by atoms with E-state index in [-0.39, 0.29) is 18.5 Å². The van der Waals surface area contributed by atoms with Gasteiger partial charge in [0, 0.05) is 11.1 Å². The van der Waals surface area contributed by atoms with Crippen LogP contribution in [-0.4, -0.2) is 17.7 Å². The minimum atomic E-state index is -0.330. The van der Waals surface area contributed by atoms with Gasteiger partial charge in [-0.05, 0) is 37.1 Å². The van der Waals surface area contributed by atoms with Crippen LogP contribution in [0.25, 0.3) is 0 Å². The van der Waals surface area contributed by atoms with Crippen LogP contribution in [0.2, 0.25) is 5.02 Å². The number of carbonyl (C=O) groups excluding carboxylic acids is 1. The third-order valence-electron chi connectivity index (χ3n) is 3.30. The molecule has 1 unspecified atom stereocenters. The van der Waals surface area contributed by atoms with E-state index in [2.05, 4.69) is 5.16 Å². The van der Waals surface area contributed by atoms with Gasteiger partial charge in [0.1, 0.15) is 30.4 Å². The van der Waals surface area contributed by atoms with E-state index in [1.54, 1.807) is 19.1 Å². The third-order valence-corrected chi connectivity index (χ3v) is 3.54. The molecule has 6 heteroatoms. The summed E-state index contributed by atoms with van der Waals surface area (Å²) in [5.41, 5.74) is 1.52. The molecule has 0 radical (unpaired) electrons. The molecule has 0 fully saturated rings. The van der Waals surface area contributed by atoms with Gasteiger partial charge >= 0.3 is 5.97 Å². The Morgan fingerprint density at radius 2 is 2.33 bits per heavy atom. The lowest BCUT2D eigenvalue weighted by Crippen LogP contribution is -2.29. The molecule has 0 spiro atoms. The number of fused-ring (bicyclic) bond motifs is 1. The van der Waals surface area contributed by atoms with Crippen molar-refractivity contribution in [3.8, 4) is 5.75 Å². The Morgan fingerprint density at radius 1 is 1.48 bits per heavy atom. The Balaban J connectivity index is 1.61. The second-order valence-electron chi connectivity index (χ2n) is 5.00. The number of rotatable bonds is 3. The number of esters is 1. The standard InChI is InChI=1S/C15H14ClNO4/c1-9-4-13(17-21-9)8-20-15(18)11-5-10-6-12(16)2-3-14(10)19-7-11/h2-4,6,11H,5,7-8H2,1H3. The van der Waals surface area contributed by atoms with Crippen LogP contribution in [0.4, 0.5) is 0 Å². The second-order valence-corrected chi connectivity index (χ2v) is 5.44.